The largest absolute Gasteiger partial charge is 0.338 e. The Balaban J connectivity index is 1.93. The first-order valence-electron chi connectivity index (χ1n) is 6.34. The molecule has 0 aliphatic carbocycles. The van der Waals surface area contributed by atoms with Crippen molar-refractivity contribution in [3.63, 3.8) is 0 Å². The molecule has 2 heterocycles. The first-order chi connectivity index (χ1) is 7.68. The number of hydrogen-bond acceptors (Lipinski definition) is 3. The van der Waals surface area contributed by atoms with Crippen LogP contribution < -0.4 is 5.32 Å². The highest BCUT2D eigenvalue weighted by atomic mass is 16.2. The zero-order chi connectivity index (χ0) is 11.5. The minimum absolute atomic E-state index is 0.239. The summed E-state index contributed by atoms with van der Waals surface area (Å²) in [5.41, 5.74) is 0. The van der Waals surface area contributed by atoms with Gasteiger partial charge in [0, 0.05) is 25.7 Å². The van der Waals surface area contributed by atoms with Gasteiger partial charge in [0.1, 0.15) is 0 Å². The zero-order valence-corrected chi connectivity index (χ0v) is 10.4. The van der Waals surface area contributed by atoms with E-state index in [9.17, 15) is 4.79 Å². The summed E-state index contributed by atoms with van der Waals surface area (Å²) in [6.45, 7) is 3.85. The quantitative estimate of drug-likeness (QED) is 0.742. The molecule has 0 aromatic carbocycles. The van der Waals surface area contributed by atoms with Crippen LogP contribution >= 0.6 is 0 Å². The Morgan fingerprint density at radius 3 is 2.88 bits per heavy atom. The Morgan fingerprint density at radius 1 is 1.44 bits per heavy atom. The molecular weight excluding hydrogens is 202 g/mol. The summed E-state index contributed by atoms with van der Waals surface area (Å²) in [5.74, 6) is 0.622. The third-order valence-corrected chi connectivity index (χ3v) is 3.65. The molecule has 4 nitrogen and oxygen atoms in total. The highest BCUT2D eigenvalue weighted by Gasteiger charge is 2.34. The number of nitrogens with zero attached hydrogens (tertiary/aromatic N) is 2. The lowest BCUT2D eigenvalue weighted by molar-refractivity contribution is -0.135. The molecule has 0 bridgehead atoms. The Kier molecular flexibility index (Phi) is 3.82. The Bertz CT molecular complexity index is 249. The highest BCUT2D eigenvalue weighted by Crippen LogP contribution is 2.22. The predicted octanol–water partition coefficient (Wildman–Crippen LogP) is 0.149. The molecule has 92 valence electrons. The average Bonchev–Trinajstić information content (AvgIpc) is 2.84. The van der Waals surface area contributed by atoms with Crippen LogP contribution in [0.5, 0.6) is 0 Å². The van der Waals surface area contributed by atoms with Gasteiger partial charge in [-0.05, 0) is 39.9 Å². The van der Waals surface area contributed by atoms with E-state index in [-0.39, 0.29) is 5.92 Å². The van der Waals surface area contributed by atoms with Gasteiger partial charge in [0.2, 0.25) is 5.91 Å². The van der Waals surface area contributed by atoms with Gasteiger partial charge >= 0.3 is 0 Å². The number of amides is 1. The number of carbonyl (C=O) groups excluding carboxylic acids is 1. The molecule has 2 saturated heterocycles. The topological polar surface area (TPSA) is 35.6 Å². The summed E-state index contributed by atoms with van der Waals surface area (Å²) in [6, 6.07) is 0.447. The first-order valence-corrected chi connectivity index (χ1v) is 6.34. The van der Waals surface area contributed by atoms with Crippen molar-refractivity contribution in [2.24, 2.45) is 5.92 Å². The molecule has 0 saturated carbocycles. The van der Waals surface area contributed by atoms with Gasteiger partial charge in [0.25, 0.3) is 0 Å². The summed E-state index contributed by atoms with van der Waals surface area (Å²) in [5, 5.41) is 3.27. The van der Waals surface area contributed by atoms with E-state index in [1.807, 2.05) is 0 Å². The second-order valence-electron chi connectivity index (χ2n) is 5.28. The fraction of sp³-hybridized carbons (Fsp3) is 0.917. The lowest BCUT2D eigenvalue weighted by Gasteiger charge is -2.29. The molecule has 0 aromatic rings. The van der Waals surface area contributed by atoms with Crippen molar-refractivity contribution in [2.45, 2.75) is 25.3 Å². The monoisotopic (exact) mass is 225 g/mol. The number of hydrogen-bond donors (Lipinski definition) is 1. The third-order valence-electron chi connectivity index (χ3n) is 3.65. The van der Waals surface area contributed by atoms with Crippen LogP contribution in [-0.4, -0.2) is 62.0 Å². The van der Waals surface area contributed by atoms with Crippen molar-refractivity contribution >= 4 is 5.91 Å². The summed E-state index contributed by atoms with van der Waals surface area (Å²) in [6.07, 6.45) is 3.36. The number of rotatable bonds is 3. The maximum absolute atomic E-state index is 12.3. The average molecular weight is 225 g/mol. The van der Waals surface area contributed by atoms with Crippen molar-refractivity contribution in [1.82, 2.24) is 15.1 Å². The van der Waals surface area contributed by atoms with E-state index in [1.54, 1.807) is 0 Å². The van der Waals surface area contributed by atoms with Crippen molar-refractivity contribution in [3.8, 4) is 0 Å². The molecule has 2 fully saturated rings. The lowest BCUT2D eigenvalue weighted by Crippen LogP contribution is -2.44. The Hall–Kier alpha value is -0.610. The van der Waals surface area contributed by atoms with Crippen LogP contribution in [0.1, 0.15) is 19.3 Å². The smallest absolute Gasteiger partial charge is 0.227 e. The minimum atomic E-state index is 0.239. The van der Waals surface area contributed by atoms with E-state index in [0.717, 1.165) is 32.6 Å². The van der Waals surface area contributed by atoms with Crippen LogP contribution in [0.25, 0.3) is 0 Å². The van der Waals surface area contributed by atoms with Gasteiger partial charge in [-0.15, -0.1) is 0 Å². The molecule has 0 radical (unpaired) electrons. The molecule has 1 N–H and O–H groups in total. The van der Waals surface area contributed by atoms with Crippen molar-refractivity contribution < 1.29 is 4.79 Å². The van der Waals surface area contributed by atoms with E-state index in [1.165, 1.54) is 12.8 Å². The summed E-state index contributed by atoms with van der Waals surface area (Å²) < 4.78 is 0. The number of carbonyl (C=O) groups is 1. The molecular formula is C12H23N3O. The maximum atomic E-state index is 12.3. The molecule has 0 aromatic heterocycles. The van der Waals surface area contributed by atoms with Crippen LogP contribution in [-0.2, 0) is 4.79 Å². The molecule has 16 heavy (non-hydrogen) atoms. The predicted molar refractivity (Wildman–Crippen MR) is 64.3 cm³/mol. The van der Waals surface area contributed by atoms with Gasteiger partial charge in [0.05, 0.1) is 5.92 Å². The summed E-state index contributed by atoms with van der Waals surface area (Å²) in [7, 11) is 4.16. The second-order valence-corrected chi connectivity index (χ2v) is 5.28. The maximum Gasteiger partial charge on any atom is 0.227 e. The highest BCUT2D eigenvalue weighted by molar-refractivity contribution is 5.80. The standard InChI is InChI=1S/C12H23N3O/c1-14(2)9-11-4-3-7-15(11)12(16)10-5-6-13-8-10/h10-11,13H,3-9H2,1-2H3. The van der Waals surface area contributed by atoms with Crippen LogP contribution in [0.15, 0.2) is 0 Å². The molecule has 2 aliphatic heterocycles. The van der Waals surface area contributed by atoms with Crippen molar-refractivity contribution in [1.29, 1.82) is 0 Å². The normalized spacial score (nSPS) is 30.3. The molecule has 0 spiro atoms. The molecule has 2 aliphatic rings. The fourth-order valence-electron chi connectivity index (χ4n) is 2.84. The van der Waals surface area contributed by atoms with Crippen molar-refractivity contribution in [3.05, 3.63) is 0 Å². The molecule has 2 unspecified atom stereocenters. The minimum Gasteiger partial charge on any atom is -0.338 e. The van der Waals surface area contributed by atoms with Gasteiger partial charge in [-0.3, -0.25) is 4.79 Å². The SMILES string of the molecule is CN(C)CC1CCCN1C(=O)C1CCNC1. The van der Waals surface area contributed by atoms with Crippen LogP contribution in [0.4, 0.5) is 0 Å². The molecule has 1 amide bonds. The van der Waals surface area contributed by atoms with Gasteiger partial charge < -0.3 is 15.1 Å². The molecule has 2 rings (SSSR count). The van der Waals surface area contributed by atoms with E-state index in [4.69, 9.17) is 0 Å². The van der Waals surface area contributed by atoms with Crippen LogP contribution in [0.3, 0.4) is 0 Å². The van der Waals surface area contributed by atoms with E-state index >= 15 is 0 Å². The number of nitrogens with one attached hydrogen (secondary N) is 1. The zero-order valence-electron chi connectivity index (χ0n) is 10.4. The van der Waals surface area contributed by atoms with Gasteiger partial charge in [-0.2, -0.15) is 0 Å². The van der Waals surface area contributed by atoms with Crippen LogP contribution in [0.2, 0.25) is 0 Å². The summed E-state index contributed by atoms with van der Waals surface area (Å²) in [4.78, 5) is 16.6. The van der Waals surface area contributed by atoms with E-state index < -0.39 is 0 Å². The number of likely N-dealkylation sites (N-methyl/N-ethyl adjacent to an activating group) is 1. The summed E-state index contributed by atoms with van der Waals surface area (Å²) >= 11 is 0. The lowest BCUT2D eigenvalue weighted by atomic mass is 10.1. The number of likely N-dealkylation sites (tertiary alicyclic amines) is 1. The Morgan fingerprint density at radius 2 is 2.25 bits per heavy atom. The van der Waals surface area contributed by atoms with Gasteiger partial charge in [-0.1, -0.05) is 0 Å². The van der Waals surface area contributed by atoms with E-state index in [0.29, 0.717) is 11.9 Å². The Labute approximate surface area is 98.0 Å². The van der Waals surface area contributed by atoms with Crippen LogP contribution in [0, 0.1) is 5.92 Å². The van der Waals surface area contributed by atoms with Gasteiger partial charge in [-0.25, -0.2) is 0 Å². The molecule has 2 atom stereocenters. The molecule has 4 heteroatoms. The second kappa shape index (κ2) is 5.15. The fourth-order valence-corrected chi connectivity index (χ4v) is 2.84. The van der Waals surface area contributed by atoms with Crippen molar-refractivity contribution in [2.75, 3.05) is 40.3 Å². The first kappa shape index (κ1) is 11.9. The van der Waals surface area contributed by atoms with E-state index in [2.05, 4.69) is 29.2 Å². The third kappa shape index (κ3) is 2.55. The van der Waals surface area contributed by atoms with Gasteiger partial charge in [0.15, 0.2) is 0 Å².